The lowest BCUT2D eigenvalue weighted by Crippen LogP contribution is -2.17. The normalized spacial score (nSPS) is 9.69. The van der Waals surface area contributed by atoms with Crippen molar-refractivity contribution in [3.8, 4) is 0 Å². The number of anilines is 1. The Hall–Kier alpha value is -1.15. The smallest absolute Gasteiger partial charge is 0.356 e. The van der Waals surface area contributed by atoms with Crippen molar-refractivity contribution in [2.45, 2.75) is 0 Å². The monoisotopic (exact) mass is 307 g/mol. The van der Waals surface area contributed by atoms with E-state index in [-0.39, 0.29) is 23.7 Å². The Morgan fingerprint density at radius 1 is 1.75 bits per heavy atom. The van der Waals surface area contributed by atoms with Gasteiger partial charge in [-0.2, -0.15) is 0 Å². The molecule has 0 radical (unpaired) electrons. The van der Waals surface area contributed by atoms with Crippen LogP contribution < -0.4 is 4.72 Å². The molecule has 0 atom stereocenters. The Kier molecular flexibility index (Phi) is 4.69. The number of hydrogen-bond acceptors (Lipinski definition) is 6. The number of hydrogen-bond donors (Lipinski definition) is 2. The lowest BCUT2D eigenvalue weighted by Gasteiger charge is -2.07. The molecule has 0 amide bonds. The Balaban J connectivity index is 3.13. The molecule has 2 N–H and O–H groups in total. The molecular weight excluding hydrogens is 301 g/mol. The van der Waals surface area contributed by atoms with Gasteiger partial charge in [-0.1, -0.05) is 0 Å². The van der Waals surface area contributed by atoms with Gasteiger partial charge in [-0.05, 0) is 22.0 Å². The Morgan fingerprint density at radius 2 is 2.44 bits per heavy atom. The molecule has 0 aliphatic rings. The summed E-state index contributed by atoms with van der Waals surface area (Å²) >= 11 is 2.98. The summed E-state index contributed by atoms with van der Waals surface area (Å²) in [6, 6.07) is 1.48. The van der Waals surface area contributed by atoms with Gasteiger partial charge < -0.3 is 4.74 Å². The van der Waals surface area contributed by atoms with Gasteiger partial charge in [0, 0.05) is 10.7 Å². The average molecular weight is 308 g/mol. The van der Waals surface area contributed by atoms with E-state index in [0.717, 1.165) is 0 Å². The molecule has 1 aromatic rings. The number of rotatable bonds is 4. The fraction of sp³-hybridized carbons (Fsp3) is 0.125. The highest BCUT2D eigenvalue weighted by Gasteiger charge is 2.17. The number of methoxy groups -OCH3 is 1. The minimum absolute atomic E-state index is 0.0890. The van der Waals surface area contributed by atoms with Gasteiger partial charge in [-0.15, -0.1) is 3.89 Å². The van der Waals surface area contributed by atoms with Crippen molar-refractivity contribution in [2.24, 2.45) is 0 Å². The number of ether oxygens (including phenoxy) is 1. The Morgan fingerprint density at radius 3 is 3.00 bits per heavy atom. The first-order valence-corrected chi connectivity index (χ1v) is 5.47. The van der Waals surface area contributed by atoms with E-state index in [0.29, 0.717) is 4.47 Å². The van der Waals surface area contributed by atoms with E-state index in [1.54, 1.807) is 0 Å². The molecule has 8 heteroatoms. The summed E-state index contributed by atoms with van der Waals surface area (Å²) in [5.74, 6) is -0.724. The average Bonchev–Trinajstić information content (AvgIpc) is 2.29. The maximum Gasteiger partial charge on any atom is 0.356 e. The summed E-state index contributed by atoms with van der Waals surface area (Å²) < 4.78 is 19.3. The molecular formula is C8H7BrFN3O2S. The lowest BCUT2D eigenvalue weighted by molar-refractivity contribution is -0.132. The highest BCUT2D eigenvalue weighted by Crippen LogP contribution is 2.21. The number of esters is 1. The maximum absolute atomic E-state index is 12.1. The molecule has 0 bridgehead atoms. The summed E-state index contributed by atoms with van der Waals surface area (Å²) in [5, 5.41) is 7.54. The van der Waals surface area contributed by atoms with Crippen LogP contribution in [-0.2, 0) is 9.53 Å². The molecule has 0 spiro atoms. The van der Waals surface area contributed by atoms with Crippen LogP contribution in [0.3, 0.4) is 0 Å². The van der Waals surface area contributed by atoms with Crippen molar-refractivity contribution in [1.29, 1.82) is 5.41 Å². The van der Waals surface area contributed by atoms with Gasteiger partial charge in [-0.3, -0.25) is 10.1 Å². The summed E-state index contributed by atoms with van der Waals surface area (Å²) in [6.07, 6.45) is 1.42. The molecule has 0 aromatic carbocycles. The van der Waals surface area contributed by atoms with Crippen LogP contribution in [0.2, 0.25) is 0 Å². The standard InChI is InChI=1S/C8H7BrFN3O2S/c1-15-8(14)6(11)5-2-4(9)3-12-7(5)13-16-10/h2-3,11H,1H3,(H,12,13). The zero-order chi connectivity index (χ0) is 12.1. The molecule has 1 aromatic heterocycles. The molecule has 0 aliphatic carbocycles. The minimum Gasteiger partial charge on any atom is -0.464 e. The van der Waals surface area contributed by atoms with Crippen molar-refractivity contribution < 1.29 is 13.4 Å². The maximum atomic E-state index is 12.1. The van der Waals surface area contributed by atoms with Crippen LogP contribution in [0.1, 0.15) is 5.56 Å². The Bertz CT molecular complexity index is 430. The first kappa shape index (κ1) is 12.9. The van der Waals surface area contributed by atoms with Crippen molar-refractivity contribution in [3.63, 3.8) is 0 Å². The van der Waals surface area contributed by atoms with Gasteiger partial charge >= 0.3 is 5.97 Å². The lowest BCUT2D eigenvalue weighted by atomic mass is 10.1. The second kappa shape index (κ2) is 5.80. The second-order valence-corrected chi connectivity index (χ2v) is 3.87. The van der Waals surface area contributed by atoms with E-state index >= 15 is 0 Å². The summed E-state index contributed by atoms with van der Waals surface area (Å²) in [5.41, 5.74) is -0.237. The van der Waals surface area contributed by atoms with Gasteiger partial charge in [0.05, 0.1) is 12.7 Å². The van der Waals surface area contributed by atoms with E-state index in [2.05, 4.69) is 30.4 Å². The van der Waals surface area contributed by atoms with E-state index in [4.69, 9.17) is 5.41 Å². The third-order valence-electron chi connectivity index (χ3n) is 1.65. The third kappa shape index (κ3) is 2.92. The molecule has 1 heterocycles. The quantitative estimate of drug-likeness (QED) is 0.507. The molecule has 0 unspecified atom stereocenters. The second-order valence-electron chi connectivity index (χ2n) is 2.60. The third-order valence-corrected chi connectivity index (χ3v) is 2.35. The van der Waals surface area contributed by atoms with E-state index in [1.807, 2.05) is 0 Å². The Labute approximate surface area is 104 Å². The molecule has 5 nitrogen and oxygen atoms in total. The number of nitrogens with zero attached hydrogens (tertiary/aromatic N) is 1. The van der Waals surface area contributed by atoms with Crippen LogP contribution in [0.5, 0.6) is 0 Å². The molecule has 16 heavy (non-hydrogen) atoms. The van der Waals surface area contributed by atoms with Crippen LogP contribution in [0.15, 0.2) is 16.7 Å². The fourth-order valence-corrected chi connectivity index (χ4v) is 1.53. The largest absolute Gasteiger partial charge is 0.464 e. The zero-order valence-electron chi connectivity index (χ0n) is 8.08. The van der Waals surface area contributed by atoms with Gasteiger partial charge in [0.25, 0.3) is 0 Å². The van der Waals surface area contributed by atoms with Crippen molar-refractivity contribution in [3.05, 3.63) is 22.3 Å². The van der Waals surface area contributed by atoms with Gasteiger partial charge in [-0.25, -0.2) is 9.78 Å². The number of nitrogens with one attached hydrogen (secondary N) is 2. The first-order valence-electron chi connectivity index (χ1n) is 3.96. The molecule has 0 fully saturated rings. The van der Waals surface area contributed by atoms with Gasteiger partial charge in [0.1, 0.15) is 5.82 Å². The summed E-state index contributed by atoms with van der Waals surface area (Å²) in [4.78, 5) is 15.0. The predicted octanol–water partition coefficient (Wildman–Crippen LogP) is 2.33. The van der Waals surface area contributed by atoms with Gasteiger partial charge in [0.15, 0.2) is 18.0 Å². The number of carbonyl (C=O) groups is 1. The summed E-state index contributed by atoms with van der Waals surface area (Å²) in [6.45, 7) is 0. The molecule has 0 saturated heterocycles. The van der Waals surface area contributed by atoms with Crippen LogP contribution >= 0.6 is 28.3 Å². The van der Waals surface area contributed by atoms with E-state index in [9.17, 15) is 8.68 Å². The highest BCUT2D eigenvalue weighted by atomic mass is 79.9. The molecule has 0 saturated carbocycles. The van der Waals surface area contributed by atoms with Crippen molar-refractivity contribution in [1.82, 2.24) is 4.98 Å². The minimum atomic E-state index is -0.813. The SMILES string of the molecule is COC(=O)C(=N)c1cc(Br)cnc1NSF. The van der Waals surface area contributed by atoms with Crippen LogP contribution in [-0.4, -0.2) is 23.8 Å². The zero-order valence-corrected chi connectivity index (χ0v) is 10.5. The molecule has 0 aliphatic heterocycles. The van der Waals surface area contributed by atoms with Crippen LogP contribution in [0.25, 0.3) is 0 Å². The molecule has 86 valence electrons. The van der Waals surface area contributed by atoms with Crippen molar-refractivity contribution in [2.75, 3.05) is 11.8 Å². The van der Waals surface area contributed by atoms with Crippen LogP contribution in [0.4, 0.5) is 9.70 Å². The number of halogens is 2. The predicted molar refractivity (Wildman–Crippen MR) is 63.1 cm³/mol. The topological polar surface area (TPSA) is 75.1 Å². The summed E-state index contributed by atoms with van der Waals surface area (Å²) in [7, 11) is 1.17. The van der Waals surface area contributed by atoms with Crippen molar-refractivity contribution >= 4 is 45.8 Å². The number of pyridine rings is 1. The first-order chi connectivity index (χ1) is 7.60. The highest BCUT2D eigenvalue weighted by molar-refractivity contribution is 9.10. The fourth-order valence-electron chi connectivity index (χ4n) is 0.960. The number of carbonyl (C=O) groups excluding carboxylic acids is 1. The molecule has 1 rings (SSSR count). The van der Waals surface area contributed by atoms with E-state index < -0.39 is 11.7 Å². The van der Waals surface area contributed by atoms with E-state index in [1.165, 1.54) is 19.4 Å². The van der Waals surface area contributed by atoms with Crippen LogP contribution in [0, 0.1) is 5.41 Å². The number of aromatic nitrogens is 1. The van der Waals surface area contributed by atoms with Gasteiger partial charge in [0.2, 0.25) is 0 Å².